The maximum Gasteiger partial charge on any atom is 0.416 e. The van der Waals surface area contributed by atoms with Gasteiger partial charge in [0.15, 0.2) is 12.4 Å². The van der Waals surface area contributed by atoms with Gasteiger partial charge < -0.3 is 24.7 Å². The first kappa shape index (κ1) is 40.5. The van der Waals surface area contributed by atoms with Gasteiger partial charge in [-0.05, 0) is 67.3 Å². The van der Waals surface area contributed by atoms with Crippen molar-refractivity contribution in [2.45, 2.75) is 70.3 Å². The van der Waals surface area contributed by atoms with Gasteiger partial charge in [0.2, 0.25) is 5.95 Å². The fraction of sp³-hybridized carbons (Fsp3) is 0.424. The molecule has 20 heteroatoms. The minimum Gasteiger partial charge on any atom is -0.481 e. The second kappa shape index (κ2) is 15.7. The monoisotopic (exact) mass is 765 g/mol. The Morgan fingerprint density at radius 3 is 1.94 bits per heavy atom. The maximum atomic E-state index is 13.9. The van der Waals surface area contributed by atoms with Gasteiger partial charge in [-0.15, -0.1) is 0 Å². The van der Waals surface area contributed by atoms with Crippen LogP contribution in [-0.4, -0.2) is 68.8 Å². The van der Waals surface area contributed by atoms with E-state index in [0.29, 0.717) is 24.3 Å². The van der Waals surface area contributed by atoms with Gasteiger partial charge in [0, 0.05) is 25.7 Å². The van der Waals surface area contributed by atoms with Crippen molar-refractivity contribution in [1.29, 1.82) is 0 Å². The van der Waals surface area contributed by atoms with Crippen LogP contribution < -0.4 is 14.5 Å². The molecule has 288 valence electrons. The molecule has 1 aliphatic heterocycles. The van der Waals surface area contributed by atoms with Gasteiger partial charge in [-0.25, -0.2) is 14.8 Å². The summed E-state index contributed by atoms with van der Waals surface area (Å²) in [7, 11) is 0. The van der Waals surface area contributed by atoms with Crippen LogP contribution in [0.2, 0.25) is 0 Å². The van der Waals surface area contributed by atoms with Crippen molar-refractivity contribution in [2.75, 3.05) is 29.5 Å². The summed E-state index contributed by atoms with van der Waals surface area (Å²) in [6, 6.07) is 0.832. The molecule has 0 radical (unpaired) electrons. The highest BCUT2D eigenvalue weighted by Crippen LogP contribution is 2.46. The molecule has 11 nitrogen and oxygen atoms in total. The number of rotatable bonds is 12. The molecule has 0 saturated carbocycles. The van der Waals surface area contributed by atoms with Gasteiger partial charge in [-0.2, -0.15) is 39.5 Å². The third-order valence-electron chi connectivity index (χ3n) is 8.45. The van der Waals surface area contributed by atoms with Crippen LogP contribution in [0.1, 0.15) is 67.0 Å². The molecule has 0 fully saturated rings. The lowest BCUT2D eigenvalue weighted by atomic mass is 9.87. The molecular weight excluding hydrogens is 733 g/mol. The number of amides is 2. The fourth-order valence-corrected chi connectivity index (χ4v) is 5.89. The van der Waals surface area contributed by atoms with Crippen LogP contribution in [0.3, 0.4) is 0 Å². The van der Waals surface area contributed by atoms with Crippen molar-refractivity contribution in [3.8, 4) is 5.75 Å². The van der Waals surface area contributed by atoms with Crippen molar-refractivity contribution in [3.63, 3.8) is 0 Å². The largest absolute Gasteiger partial charge is 0.481 e. The van der Waals surface area contributed by atoms with Crippen LogP contribution in [0.4, 0.5) is 55.9 Å². The molecular formula is C33H32F9N5O6. The van der Waals surface area contributed by atoms with E-state index >= 15 is 0 Å². The fourth-order valence-electron chi connectivity index (χ4n) is 5.89. The van der Waals surface area contributed by atoms with Crippen molar-refractivity contribution in [3.05, 3.63) is 76.6 Å². The summed E-state index contributed by atoms with van der Waals surface area (Å²) in [6.45, 7) is 1.83. The van der Waals surface area contributed by atoms with Gasteiger partial charge in [-0.3, -0.25) is 14.5 Å². The number of aromatic nitrogens is 2. The smallest absolute Gasteiger partial charge is 0.416 e. The Labute approximate surface area is 295 Å². The lowest BCUT2D eigenvalue weighted by Gasteiger charge is -2.43. The van der Waals surface area contributed by atoms with Crippen LogP contribution in [0.15, 0.2) is 48.8 Å². The zero-order valence-electron chi connectivity index (χ0n) is 27.9. The summed E-state index contributed by atoms with van der Waals surface area (Å²) >= 11 is 0. The van der Waals surface area contributed by atoms with Crippen molar-refractivity contribution >= 4 is 29.6 Å². The van der Waals surface area contributed by atoms with Gasteiger partial charge in [0.25, 0.3) is 5.91 Å². The molecule has 1 aromatic heterocycles. The number of alkyl halides is 9. The van der Waals surface area contributed by atoms with E-state index in [9.17, 15) is 59.0 Å². The zero-order valence-corrected chi connectivity index (χ0v) is 27.9. The van der Waals surface area contributed by atoms with Crippen LogP contribution in [0.5, 0.6) is 5.75 Å². The van der Waals surface area contributed by atoms with E-state index < -0.39 is 89.9 Å². The average Bonchev–Trinajstić information content (AvgIpc) is 3.07. The molecule has 4 rings (SSSR count). The van der Waals surface area contributed by atoms with Crippen molar-refractivity contribution in [1.82, 2.24) is 14.9 Å². The number of anilines is 2. The second-order valence-corrected chi connectivity index (χ2v) is 11.9. The highest BCUT2D eigenvalue weighted by atomic mass is 19.4. The number of carbonyl (C=O) groups is 3. The third kappa shape index (κ3) is 9.78. The number of halogens is 9. The molecule has 2 atom stereocenters. The average molecular weight is 766 g/mol. The number of ether oxygens (including phenoxy) is 1. The van der Waals surface area contributed by atoms with E-state index in [1.165, 1.54) is 4.90 Å². The number of hydrogen-bond donors (Lipinski definition) is 2. The number of aliphatic carboxylic acids is 1. The molecule has 2 aromatic carbocycles. The molecule has 0 saturated heterocycles. The second-order valence-electron chi connectivity index (χ2n) is 11.9. The van der Waals surface area contributed by atoms with Crippen LogP contribution >= 0.6 is 0 Å². The van der Waals surface area contributed by atoms with E-state index in [-0.39, 0.29) is 55.4 Å². The minimum atomic E-state index is -5.22. The molecule has 0 spiro atoms. The first-order valence-electron chi connectivity index (χ1n) is 15.9. The minimum absolute atomic E-state index is 0.0809. The Kier molecular flexibility index (Phi) is 12.0. The summed E-state index contributed by atoms with van der Waals surface area (Å²) < 4.78 is 130. The van der Waals surface area contributed by atoms with E-state index in [0.717, 1.165) is 28.3 Å². The SMILES string of the molecule is CC[C@@H]1C[C@H](N(Cc2cc(C(F)(F)F)cc(C(F)(F)F)c2)c2ncc(OCC(=O)N(CC)CCC(=O)O)cn2)c2cc(C(F)(F)F)ccc2N1C(=O)O. The van der Waals surface area contributed by atoms with Crippen LogP contribution in [0.25, 0.3) is 0 Å². The number of carbonyl (C=O) groups excluding carboxylic acids is 1. The van der Waals surface area contributed by atoms with Crippen LogP contribution in [-0.2, 0) is 34.7 Å². The first-order valence-corrected chi connectivity index (χ1v) is 15.9. The standard InChI is InChI=1S/C33H32F9N5O6/c1-3-22-13-26(24-12-19(31(34,35)36)5-6-25(24)47(22)30(51)52)46(16-18-9-20(32(37,38)39)11-21(10-18)33(40,41)42)29-43-14-23(15-44-29)53-17-27(48)45(4-2)8-7-28(49)50/h5-6,9-12,14-15,22,26H,3-4,7-8,13,16-17H2,1-2H3,(H,49,50)(H,51,52)/t22-,26+/m1/s1. The predicted molar refractivity (Wildman–Crippen MR) is 168 cm³/mol. The molecule has 1 aliphatic rings. The molecule has 53 heavy (non-hydrogen) atoms. The van der Waals surface area contributed by atoms with E-state index in [1.807, 2.05) is 0 Å². The normalized spacial score (nSPS) is 16.2. The lowest BCUT2D eigenvalue weighted by molar-refractivity contribution is -0.143. The summed E-state index contributed by atoms with van der Waals surface area (Å²) in [5.41, 5.74) is -5.50. The number of nitrogens with zero attached hydrogens (tertiary/aromatic N) is 5. The number of benzene rings is 2. The van der Waals surface area contributed by atoms with Gasteiger partial charge in [0.05, 0.1) is 47.2 Å². The Bertz CT molecular complexity index is 1770. The predicted octanol–water partition coefficient (Wildman–Crippen LogP) is 7.65. The molecule has 3 aromatic rings. The number of hydrogen-bond acceptors (Lipinski definition) is 7. The lowest BCUT2D eigenvalue weighted by Crippen LogP contribution is -2.47. The molecule has 2 N–H and O–H groups in total. The maximum absolute atomic E-state index is 13.9. The first-order chi connectivity index (χ1) is 24.6. The highest BCUT2D eigenvalue weighted by molar-refractivity contribution is 5.89. The van der Waals surface area contributed by atoms with Crippen LogP contribution in [0, 0.1) is 0 Å². The van der Waals surface area contributed by atoms with E-state index in [2.05, 4.69) is 9.97 Å². The summed E-state index contributed by atoms with van der Waals surface area (Å²) in [5.74, 6) is -2.26. The number of carboxylic acids is 1. The van der Waals surface area contributed by atoms with Gasteiger partial charge >= 0.3 is 30.6 Å². The molecule has 2 amide bonds. The van der Waals surface area contributed by atoms with Gasteiger partial charge in [0.1, 0.15) is 0 Å². The summed E-state index contributed by atoms with van der Waals surface area (Å²) in [4.78, 5) is 47.2. The van der Waals surface area contributed by atoms with E-state index in [1.54, 1.807) is 13.8 Å². The number of carboxylic acid groups (broad SMARTS) is 2. The Morgan fingerprint density at radius 1 is 0.868 bits per heavy atom. The Hall–Kier alpha value is -5.30. The van der Waals surface area contributed by atoms with E-state index in [4.69, 9.17) is 9.84 Å². The molecule has 0 bridgehead atoms. The van der Waals surface area contributed by atoms with Crippen molar-refractivity contribution < 1.29 is 68.8 Å². The number of likely N-dealkylation sites (N-methyl/N-ethyl adjacent to an activating group) is 1. The Morgan fingerprint density at radius 2 is 1.45 bits per heavy atom. The Balaban J connectivity index is 1.83. The highest BCUT2D eigenvalue weighted by Gasteiger charge is 2.42. The molecule has 0 unspecified atom stereocenters. The topological polar surface area (TPSA) is 136 Å². The summed E-state index contributed by atoms with van der Waals surface area (Å²) in [6.07, 6.45) is -15.3. The molecule has 0 aliphatic carbocycles. The third-order valence-corrected chi connectivity index (χ3v) is 8.45. The number of fused-ring (bicyclic) bond motifs is 1. The van der Waals surface area contributed by atoms with Crippen molar-refractivity contribution in [2.24, 2.45) is 0 Å². The quantitative estimate of drug-likeness (QED) is 0.178. The van der Waals surface area contributed by atoms with Gasteiger partial charge in [-0.1, -0.05) is 6.92 Å². The molecule has 2 heterocycles. The zero-order chi connectivity index (χ0) is 39.5. The summed E-state index contributed by atoms with van der Waals surface area (Å²) in [5, 5.41) is 18.9.